The van der Waals surface area contributed by atoms with Gasteiger partial charge in [-0.15, -0.1) is 0 Å². The predicted octanol–water partition coefficient (Wildman–Crippen LogP) is 2.66. The molecule has 2 rings (SSSR count). The van der Waals surface area contributed by atoms with Crippen molar-refractivity contribution in [2.24, 2.45) is 0 Å². The molecular weight excluding hydrogens is 354 g/mol. The maximum absolute atomic E-state index is 12.7. The molecule has 2 aromatic rings. The van der Waals surface area contributed by atoms with E-state index >= 15 is 0 Å². The van der Waals surface area contributed by atoms with Gasteiger partial charge in [-0.3, -0.25) is 4.90 Å². The van der Waals surface area contributed by atoms with Crippen molar-refractivity contribution in [2.45, 2.75) is 38.6 Å². The fourth-order valence-electron chi connectivity index (χ4n) is 3.07. The molecule has 26 heavy (non-hydrogen) atoms. The maximum Gasteiger partial charge on any atom is 0.246 e. The smallest absolute Gasteiger partial charge is 0.246 e. The molecule has 1 aromatic heterocycles. The van der Waals surface area contributed by atoms with E-state index in [9.17, 15) is 8.42 Å². The average Bonchev–Trinajstić information content (AvgIpc) is 2.98. The third-order valence-electron chi connectivity index (χ3n) is 4.46. The van der Waals surface area contributed by atoms with E-state index in [1.54, 1.807) is 21.0 Å². The van der Waals surface area contributed by atoms with Crippen LogP contribution in [0.4, 0.5) is 0 Å². The molecule has 0 spiro atoms. The Morgan fingerprint density at radius 2 is 1.81 bits per heavy atom. The second-order valence-corrected chi connectivity index (χ2v) is 7.72. The Labute approximate surface area is 155 Å². The second-order valence-electron chi connectivity index (χ2n) is 6.02. The summed E-state index contributed by atoms with van der Waals surface area (Å²) >= 11 is 0. The van der Waals surface area contributed by atoms with Crippen LogP contribution in [0.3, 0.4) is 0 Å². The van der Waals surface area contributed by atoms with E-state index in [1.807, 2.05) is 24.3 Å². The Kier molecular flexibility index (Phi) is 6.80. The summed E-state index contributed by atoms with van der Waals surface area (Å²) in [6.07, 6.45) is 0. The van der Waals surface area contributed by atoms with Gasteiger partial charge >= 0.3 is 0 Å². The Bertz CT molecular complexity index is 792. The standard InChI is InChI=1S/C18H27N3O4S/c1-6-21(7-2)17(15-8-10-16(24-5)11-9-15)12-19-26(22,23)18-13(3)20-25-14(18)4/h8-11,17,19H,6-7,12H2,1-5H3. The molecular formula is C18H27N3O4S. The van der Waals surface area contributed by atoms with Crippen molar-refractivity contribution in [3.63, 3.8) is 0 Å². The second kappa shape index (κ2) is 8.66. The zero-order valence-corrected chi connectivity index (χ0v) is 16.8. The van der Waals surface area contributed by atoms with E-state index in [0.717, 1.165) is 24.4 Å². The largest absolute Gasteiger partial charge is 0.497 e. The molecule has 1 unspecified atom stereocenters. The molecule has 1 atom stereocenters. The van der Waals surface area contributed by atoms with Crippen LogP contribution < -0.4 is 9.46 Å². The first-order valence-electron chi connectivity index (χ1n) is 8.64. The lowest BCUT2D eigenvalue weighted by Gasteiger charge is -2.30. The minimum absolute atomic E-state index is 0.0915. The van der Waals surface area contributed by atoms with Crippen LogP contribution >= 0.6 is 0 Å². The highest BCUT2D eigenvalue weighted by molar-refractivity contribution is 7.89. The number of hydrogen-bond acceptors (Lipinski definition) is 6. The van der Waals surface area contributed by atoms with Crippen molar-refractivity contribution in [1.82, 2.24) is 14.8 Å². The summed E-state index contributed by atoms with van der Waals surface area (Å²) in [5, 5.41) is 3.74. The molecule has 8 heteroatoms. The van der Waals surface area contributed by atoms with Crippen molar-refractivity contribution in [2.75, 3.05) is 26.7 Å². The summed E-state index contributed by atoms with van der Waals surface area (Å²) in [4.78, 5) is 2.32. The van der Waals surface area contributed by atoms with Crippen LogP contribution in [0.1, 0.15) is 36.9 Å². The Hall–Kier alpha value is -1.90. The minimum atomic E-state index is -3.70. The van der Waals surface area contributed by atoms with E-state index in [2.05, 4.69) is 28.6 Å². The van der Waals surface area contributed by atoms with Gasteiger partial charge in [-0.05, 0) is 44.6 Å². The molecule has 144 valence electrons. The van der Waals surface area contributed by atoms with Crippen LogP contribution in [0.5, 0.6) is 5.75 Å². The fourth-order valence-corrected chi connectivity index (χ4v) is 4.43. The number of nitrogens with zero attached hydrogens (tertiary/aromatic N) is 2. The molecule has 7 nitrogen and oxygen atoms in total. The number of benzene rings is 1. The van der Waals surface area contributed by atoms with Gasteiger partial charge in [-0.1, -0.05) is 31.1 Å². The lowest BCUT2D eigenvalue weighted by molar-refractivity contribution is 0.220. The fraction of sp³-hybridized carbons (Fsp3) is 0.500. The molecule has 1 N–H and O–H groups in total. The van der Waals surface area contributed by atoms with Crippen LogP contribution in [0.2, 0.25) is 0 Å². The third-order valence-corrected chi connectivity index (χ3v) is 6.12. The molecule has 0 saturated carbocycles. The zero-order valence-electron chi connectivity index (χ0n) is 15.9. The van der Waals surface area contributed by atoms with Gasteiger partial charge in [0.15, 0.2) is 5.76 Å². The van der Waals surface area contributed by atoms with Gasteiger partial charge in [0.05, 0.1) is 7.11 Å². The Morgan fingerprint density at radius 3 is 2.27 bits per heavy atom. The van der Waals surface area contributed by atoms with Gasteiger partial charge < -0.3 is 9.26 Å². The maximum atomic E-state index is 12.7. The van der Waals surface area contributed by atoms with E-state index in [4.69, 9.17) is 9.26 Å². The highest BCUT2D eigenvalue weighted by Crippen LogP contribution is 2.24. The van der Waals surface area contributed by atoms with Crippen molar-refractivity contribution < 1.29 is 17.7 Å². The molecule has 0 radical (unpaired) electrons. The van der Waals surface area contributed by atoms with Crippen LogP contribution in [0.25, 0.3) is 0 Å². The van der Waals surface area contributed by atoms with Crippen LogP contribution in [-0.2, 0) is 10.0 Å². The van der Waals surface area contributed by atoms with Gasteiger partial charge in [0.2, 0.25) is 10.0 Å². The number of ether oxygens (including phenoxy) is 1. The third kappa shape index (κ3) is 4.44. The quantitative estimate of drug-likeness (QED) is 0.719. The van der Waals surface area contributed by atoms with Crippen molar-refractivity contribution in [3.8, 4) is 5.75 Å². The van der Waals surface area contributed by atoms with Crippen molar-refractivity contribution >= 4 is 10.0 Å². The van der Waals surface area contributed by atoms with E-state index < -0.39 is 10.0 Å². The molecule has 0 aliphatic rings. The first kappa shape index (κ1) is 20.4. The first-order chi connectivity index (χ1) is 12.3. The van der Waals surface area contributed by atoms with Gasteiger partial charge in [-0.2, -0.15) is 0 Å². The Balaban J connectivity index is 2.26. The molecule has 0 amide bonds. The van der Waals surface area contributed by atoms with Crippen LogP contribution in [0.15, 0.2) is 33.7 Å². The molecule has 0 bridgehead atoms. The van der Waals surface area contributed by atoms with Gasteiger partial charge in [0.25, 0.3) is 0 Å². The summed E-state index contributed by atoms with van der Waals surface area (Å²) in [5.41, 5.74) is 1.38. The highest BCUT2D eigenvalue weighted by atomic mass is 32.2. The van der Waals surface area contributed by atoms with Gasteiger partial charge in [-0.25, -0.2) is 13.1 Å². The number of aryl methyl sites for hydroxylation is 2. The molecule has 0 aliphatic heterocycles. The van der Waals surface area contributed by atoms with E-state index in [0.29, 0.717) is 11.5 Å². The number of hydrogen-bond donors (Lipinski definition) is 1. The predicted molar refractivity (Wildman–Crippen MR) is 99.8 cm³/mol. The molecule has 0 fully saturated rings. The molecule has 0 saturated heterocycles. The first-order valence-corrected chi connectivity index (χ1v) is 10.1. The topological polar surface area (TPSA) is 84.7 Å². The number of methoxy groups -OCH3 is 1. The summed E-state index contributed by atoms with van der Waals surface area (Å²) in [6, 6.07) is 7.60. The van der Waals surface area contributed by atoms with Crippen molar-refractivity contribution in [1.29, 1.82) is 0 Å². The van der Waals surface area contributed by atoms with Gasteiger partial charge in [0.1, 0.15) is 16.3 Å². The summed E-state index contributed by atoms with van der Waals surface area (Å²) in [6.45, 7) is 9.20. The molecule has 1 aromatic carbocycles. The Morgan fingerprint density at radius 1 is 1.19 bits per heavy atom. The van der Waals surface area contributed by atoms with E-state index in [-0.39, 0.29) is 17.5 Å². The zero-order chi connectivity index (χ0) is 19.3. The highest BCUT2D eigenvalue weighted by Gasteiger charge is 2.26. The van der Waals surface area contributed by atoms with Gasteiger partial charge in [0, 0.05) is 12.6 Å². The summed E-state index contributed by atoms with van der Waals surface area (Å²) in [5.74, 6) is 1.06. The number of rotatable bonds is 9. The lowest BCUT2D eigenvalue weighted by atomic mass is 10.1. The average molecular weight is 381 g/mol. The van der Waals surface area contributed by atoms with E-state index in [1.165, 1.54) is 0 Å². The number of nitrogens with one attached hydrogen (secondary N) is 1. The van der Waals surface area contributed by atoms with Crippen LogP contribution in [0, 0.1) is 13.8 Å². The SMILES string of the molecule is CCN(CC)C(CNS(=O)(=O)c1c(C)noc1C)c1ccc(OC)cc1. The normalized spacial score (nSPS) is 13.2. The lowest BCUT2D eigenvalue weighted by Crippen LogP contribution is -2.38. The summed E-state index contributed by atoms with van der Waals surface area (Å²) < 4.78 is 38.4. The van der Waals surface area contributed by atoms with Crippen LogP contribution in [-0.4, -0.2) is 45.2 Å². The number of aromatic nitrogens is 1. The number of likely N-dealkylation sites (N-methyl/N-ethyl adjacent to an activating group) is 1. The van der Waals surface area contributed by atoms with Crippen molar-refractivity contribution in [3.05, 3.63) is 41.3 Å². The minimum Gasteiger partial charge on any atom is -0.497 e. The summed E-state index contributed by atoms with van der Waals surface area (Å²) in [7, 11) is -2.08. The molecule has 0 aliphatic carbocycles. The monoisotopic (exact) mass is 381 g/mol. The number of sulfonamides is 1. The molecule has 1 heterocycles.